The molecule has 2 heteroatoms. The quantitative estimate of drug-likeness (QED) is 0.629. The van der Waals surface area contributed by atoms with Crippen molar-refractivity contribution in [2.75, 3.05) is 13.2 Å². The molecule has 2 fully saturated rings. The summed E-state index contributed by atoms with van der Waals surface area (Å²) >= 11 is 0. The highest BCUT2D eigenvalue weighted by atomic mass is 16.7. The van der Waals surface area contributed by atoms with Crippen LogP contribution < -0.4 is 0 Å². The van der Waals surface area contributed by atoms with Crippen LogP contribution in [0.1, 0.15) is 32.1 Å². The maximum Gasteiger partial charge on any atom is 0.169 e. The van der Waals surface area contributed by atoms with E-state index in [1.54, 1.807) is 0 Å². The van der Waals surface area contributed by atoms with Gasteiger partial charge in [0, 0.05) is 12.8 Å². The summed E-state index contributed by atoms with van der Waals surface area (Å²) in [6.07, 6.45) is 9.51. The molecule has 2 aliphatic rings. The number of ether oxygens (including phenoxy) is 2. The van der Waals surface area contributed by atoms with Gasteiger partial charge in [-0.1, -0.05) is 17.7 Å². The summed E-state index contributed by atoms with van der Waals surface area (Å²) in [6, 6.07) is 0. The van der Waals surface area contributed by atoms with E-state index in [4.69, 9.17) is 9.47 Å². The predicted octanol–water partition coefficient (Wildman–Crippen LogP) is 2.81. The van der Waals surface area contributed by atoms with Crippen molar-refractivity contribution in [1.29, 1.82) is 0 Å². The van der Waals surface area contributed by atoms with Gasteiger partial charge < -0.3 is 9.47 Å². The summed E-state index contributed by atoms with van der Waals surface area (Å²) in [7, 11) is 0. The Bertz CT molecular complexity index is 225. The van der Waals surface area contributed by atoms with E-state index in [9.17, 15) is 0 Å². The van der Waals surface area contributed by atoms with Gasteiger partial charge in [0.1, 0.15) is 0 Å². The van der Waals surface area contributed by atoms with Gasteiger partial charge in [0.25, 0.3) is 0 Å². The lowest BCUT2D eigenvalue weighted by atomic mass is 9.89. The van der Waals surface area contributed by atoms with E-state index in [-0.39, 0.29) is 5.79 Å². The topological polar surface area (TPSA) is 18.5 Å². The van der Waals surface area contributed by atoms with E-state index in [2.05, 4.69) is 12.7 Å². The van der Waals surface area contributed by atoms with Crippen LogP contribution in [0.5, 0.6) is 0 Å². The first-order valence-corrected chi connectivity index (χ1v) is 5.41. The lowest BCUT2D eigenvalue weighted by molar-refractivity contribution is -0.171. The summed E-state index contributed by atoms with van der Waals surface area (Å²) in [6.45, 7) is 5.26. The smallest absolute Gasteiger partial charge is 0.169 e. The SMILES string of the molecule is C=CCC=C1CCC2(CC1)OCCO2. The van der Waals surface area contributed by atoms with Crippen LogP contribution in [0.2, 0.25) is 0 Å². The Morgan fingerprint density at radius 1 is 1.21 bits per heavy atom. The molecule has 1 saturated carbocycles. The van der Waals surface area contributed by atoms with Crippen molar-refractivity contribution in [2.24, 2.45) is 0 Å². The second kappa shape index (κ2) is 4.28. The van der Waals surface area contributed by atoms with Crippen LogP contribution in [-0.4, -0.2) is 19.0 Å². The fourth-order valence-corrected chi connectivity index (χ4v) is 2.19. The molecule has 0 unspecified atom stereocenters. The van der Waals surface area contributed by atoms with Crippen LogP contribution >= 0.6 is 0 Å². The maximum atomic E-state index is 5.66. The summed E-state index contributed by atoms with van der Waals surface area (Å²) in [5, 5.41) is 0. The fourth-order valence-electron chi connectivity index (χ4n) is 2.19. The van der Waals surface area contributed by atoms with Crippen molar-refractivity contribution in [3.05, 3.63) is 24.3 Å². The van der Waals surface area contributed by atoms with Gasteiger partial charge in [-0.3, -0.25) is 0 Å². The summed E-state index contributed by atoms with van der Waals surface area (Å²) < 4.78 is 11.3. The van der Waals surface area contributed by atoms with Crippen molar-refractivity contribution in [1.82, 2.24) is 0 Å². The first kappa shape index (κ1) is 9.94. The molecule has 1 saturated heterocycles. The Labute approximate surface area is 85.6 Å². The minimum Gasteiger partial charge on any atom is -0.348 e. The minimum atomic E-state index is -0.217. The molecule has 0 N–H and O–H groups in total. The van der Waals surface area contributed by atoms with Gasteiger partial charge in [0.2, 0.25) is 0 Å². The number of hydrogen-bond donors (Lipinski definition) is 0. The second-order valence-corrected chi connectivity index (χ2v) is 3.99. The lowest BCUT2D eigenvalue weighted by Crippen LogP contribution is -2.33. The van der Waals surface area contributed by atoms with E-state index in [0.717, 1.165) is 45.3 Å². The normalized spacial score (nSPS) is 25.3. The summed E-state index contributed by atoms with van der Waals surface area (Å²) in [5.41, 5.74) is 1.54. The van der Waals surface area contributed by atoms with Crippen LogP contribution in [0, 0.1) is 0 Å². The Kier molecular flexibility index (Phi) is 3.04. The van der Waals surface area contributed by atoms with Gasteiger partial charge in [0.15, 0.2) is 5.79 Å². The standard InChI is InChI=1S/C12H18O2/c1-2-3-4-11-5-7-12(8-6-11)13-9-10-14-12/h2,4H,1,3,5-10H2. The molecule has 0 amide bonds. The van der Waals surface area contributed by atoms with Gasteiger partial charge in [-0.25, -0.2) is 0 Å². The van der Waals surface area contributed by atoms with Crippen molar-refractivity contribution in [3.63, 3.8) is 0 Å². The van der Waals surface area contributed by atoms with Gasteiger partial charge in [-0.2, -0.15) is 0 Å². The third-order valence-corrected chi connectivity index (χ3v) is 3.04. The monoisotopic (exact) mass is 194 g/mol. The van der Waals surface area contributed by atoms with Crippen LogP contribution in [-0.2, 0) is 9.47 Å². The molecule has 1 aliphatic heterocycles. The number of rotatable bonds is 2. The second-order valence-electron chi connectivity index (χ2n) is 3.99. The molecule has 0 aromatic rings. The lowest BCUT2D eigenvalue weighted by Gasteiger charge is -2.32. The van der Waals surface area contributed by atoms with Crippen LogP contribution in [0.25, 0.3) is 0 Å². The molecule has 0 bridgehead atoms. The van der Waals surface area contributed by atoms with Crippen molar-refractivity contribution in [2.45, 2.75) is 37.9 Å². The highest BCUT2D eigenvalue weighted by Crippen LogP contribution is 2.37. The molecule has 0 radical (unpaired) electrons. The third-order valence-electron chi connectivity index (χ3n) is 3.04. The molecule has 0 aromatic carbocycles. The van der Waals surface area contributed by atoms with Crippen LogP contribution in [0.15, 0.2) is 24.3 Å². The molecule has 78 valence electrons. The van der Waals surface area contributed by atoms with E-state index in [1.165, 1.54) is 5.57 Å². The number of hydrogen-bond acceptors (Lipinski definition) is 2. The predicted molar refractivity (Wildman–Crippen MR) is 56.0 cm³/mol. The zero-order valence-electron chi connectivity index (χ0n) is 8.63. The third kappa shape index (κ3) is 2.07. The molecule has 1 aliphatic carbocycles. The molecular formula is C12H18O2. The molecule has 2 rings (SSSR count). The summed E-state index contributed by atoms with van der Waals surface area (Å²) in [4.78, 5) is 0. The zero-order chi connectivity index (χ0) is 9.86. The molecule has 0 atom stereocenters. The highest BCUT2D eigenvalue weighted by Gasteiger charge is 2.38. The Morgan fingerprint density at radius 3 is 2.43 bits per heavy atom. The van der Waals surface area contributed by atoms with Crippen LogP contribution in [0.4, 0.5) is 0 Å². The van der Waals surface area contributed by atoms with Gasteiger partial charge >= 0.3 is 0 Å². The Hall–Kier alpha value is -0.600. The average molecular weight is 194 g/mol. The van der Waals surface area contributed by atoms with Crippen molar-refractivity contribution < 1.29 is 9.47 Å². The molecule has 2 nitrogen and oxygen atoms in total. The highest BCUT2D eigenvalue weighted by molar-refractivity contribution is 5.09. The van der Waals surface area contributed by atoms with Gasteiger partial charge in [-0.05, 0) is 19.3 Å². The van der Waals surface area contributed by atoms with E-state index in [0.29, 0.717) is 0 Å². The molecular weight excluding hydrogens is 176 g/mol. The maximum absolute atomic E-state index is 5.66. The minimum absolute atomic E-state index is 0.217. The van der Waals surface area contributed by atoms with Crippen molar-refractivity contribution in [3.8, 4) is 0 Å². The van der Waals surface area contributed by atoms with E-state index < -0.39 is 0 Å². The molecule has 1 heterocycles. The largest absolute Gasteiger partial charge is 0.348 e. The van der Waals surface area contributed by atoms with E-state index in [1.807, 2.05) is 6.08 Å². The first-order valence-electron chi connectivity index (χ1n) is 5.41. The van der Waals surface area contributed by atoms with E-state index >= 15 is 0 Å². The fraction of sp³-hybridized carbons (Fsp3) is 0.667. The zero-order valence-corrected chi connectivity index (χ0v) is 8.63. The number of allylic oxidation sites excluding steroid dienone is 3. The molecule has 0 aromatic heterocycles. The van der Waals surface area contributed by atoms with Crippen molar-refractivity contribution >= 4 is 0 Å². The molecule has 14 heavy (non-hydrogen) atoms. The van der Waals surface area contributed by atoms with Crippen LogP contribution in [0.3, 0.4) is 0 Å². The van der Waals surface area contributed by atoms with Gasteiger partial charge in [0.05, 0.1) is 13.2 Å². The molecule has 1 spiro atoms. The van der Waals surface area contributed by atoms with Gasteiger partial charge in [-0.15, -0.1) is 6.58 Å². The Balaban J connectivity index is 1.88. The summed E-state index contributed by atoms with van der Waals surface area (Å²) in [5.74, 6) is -0.217. The average Bonchev–Trinajstić information content (AvgIpc) is 2.66. The first-order chi connectivity index (χ1) is 6.85. The Morgan fingerprint density at radius 2 is 1.86 bits per heavy atom.